The number of nitrogens with two attached hydrogens (primary N) is 1. The van der Waals surface area contributed by atoms with Crippen molar-refractivity contribution in [2.24, 2.45) is 12.8 Å². The molecule has 3 rings (SSSR count). The van der Waals surface area contributed by atoms with E-state index >= 15 is 0 Å². The maximum absolute atomic E-state index is 12.8. The van der Waals surface area contributed by atoms with Gasteiger partial charge in [-0.3, -0.25) is 19.6 Å². The minimum Gasteiger partial charge on any atom is -0.364 e. The fourth-order valence-electron chi connectivity index (χ4n) is 2.65. The molecule has 10 nitrogen and oxygen atoms in total. The second-order valence-electron chi connectivity index (χ2n) is 6.12. The van der Waals surface area contributed by atoms with E-state index in [4.69, 9.17) is 5.73 Å². The maximum atomic E-state index is 12.8. The first-order valence-corrected chi connectivity index (χ1v) is 9.75. The van der Waals surface area contributed by atoms with Crippen LogP contribution in [0.25, 0.3) is 0 Å². The number of para-hydroxylation sites is 1. The van der Waals surface area contributed by atoms with Crippen LogP contribution in [0.3, 0.4) is 0 Å². The number of aryl methyl sites for hydroxylation is 1. The van der Waals surface area contributed by atoms with Crippen molar-refractivity contribution in [3.63, 3.8) is 0 Å². The molecule has 11 heteroatoms. The fraction of sp³-hybridized carbons (Fsp3) is 0.0556. The number of nitrogens with zero attached hydrogens (tertiary/aromatic N) is 2. The molecule has 0 saturated carbocycles. The third kappa shape index (κ3) is 4.35. The predicted octanol–water partition coefficient (Wildman–Crippen LogP) is 2.58. The van der Waals surface area contributed by atoms with Crippen molar-refractivity contribution in [2.75, 3.05) is 10.0 Å². The number of hydrogen-bond donors (Lipinski definition) is 3. The summed E-state index contributed by atoms with van der Waals surface area (Å²) in [5.74, 6) is -0.782. The molecular formula is C18H17N5O5S. The average Bonchev–Trinajstić information content (AvgIpc) is 3.06. The van der Waals surface area contributed by atoms with Crippen LogP contribution in [0.1, 0.15) is 10.5 Å². The molecule has 0 aliphatic rings. The van der Waals surface area contributed by atoms with Crippen molar-refractivity contribution in [1.82, 2.24) is 4.57 Å². The van der Waals surface area contributed by atoms with Crippen molar-refractivity contribution in [1.29, 1.82) is 0 Å². The standard InChI is InChI=1S/C18H17N5O5S/c1-22-11-14(10-17(22)18(19)24)29(27,28)21-16-9-13(23(25)26)7-8-15(16)20-12-5-3-2-4-6-12/h2-11,20-21H,1H3,(H2,19,24). The van der Waals surface area contributed by atoms with Gasteiger partial charge in [0.25, 0.3) is 21.6 Å². The first kappa shape index (κ1) is 19.9. The summed E-state index contributed by atoms with van der Waals surface area (Å²) in [6.07, 6.45) is 1.23. The lowest BCUT2D eigenvalue weighted by Crippen LogP contribution is -2.15. The average molecular weight is 415 g/mol. The predicted molar refractivity (Wildman–Crippen MR) is 108 cm³/mol. The van der Waals surface area contributed by atoms with Crippen LogP contribution in [0.15, 0.2) is 65.7 Å². The van der Waals surface area contributed by atoms with Crippen molar-refractivity contribution in [2.45, 2.75) is 4.90 Å². The Bertz CT molecular complexity index is 1190. The Morgan fingerprint density at radius 2 is 1.79 bits per heavy atom. The highest BCUT2D eigenvalue weighted by Crippen LogP contribution is 2.31. The minimum absolute atomic E-state index is 0.00653. The van der Waals surface area contributed by atoms with Gasteiger partial charge in [0.1, 0.15) is 10.6 Å². The summed E-state index contributed by atoms with van der Waals surface area (Å²) >= 11 is 0. The molecule has 150 valence electrons. The molecule has 0 bridgehead atoms. The molecule has 0 aliphatic carbocycles. The maximum Gasteiger partial charge on any atom is 0.271 e. The van der Waals surface area contributed by atoms with Gasteiger partial charge in [-0.05, 0) is 24.3 Å². The number of nitro groups is 1. The van der Waals surface area contributed by atoms with Crippen LogP contribution in [0.4, 0.5) is 22.7 Å². The van der Waals surface area contributed by atoms with E-state index in [-0.39, 0.29) is 22.0 Å². The monoisotopic (exact) mass is 415 g/mol. The molecule has 0 radical (unpaired) electrons. The number of carbonyl (C=O) groups is 1. The number of amides is 1. The summed E-state index contributed by atoms with van der Waals surface area (Å²) in [6.45, 7) is 0. The second-order valence-corrected chi connectivity index (χ2v) is 7.80. The number of carbonyl (C=O) groups excluding carboxylic acids is 1. The third-order valence-corrected chi connectivity index (χ3v) is 5.39. The number of aromatic nitrogens is 1. The zero-order valence-electron chi connectivity index (χ0n) is 15.2. The number of sulfonamides is 1. The Morgan fingerprint density at radius 1 is 1.10 bits per heavy atom. The summed E-state index contributed by atoms with van der Waals surface area (Å²) in [7, 11) is -2.67. The number of nitro benzene ring substituents is 1. The molecule has 2 aromatic carbocycles. The number of primary amides is 1. The number of rotatable bonds is 7. The third-order valence-electron chi connectivity index (χ3n) is 4.05. The molecule has 0 atom stereocenters. The number of benzene rings is 2. The second kappa shape index (κ2) is 7.64. The van der Waals surface area contributed by atoms with Crippen LogP contribution in [-0.2, 0) is 17.1 Å². The van der Waals surface area contributed by atoms with Crippen LogP contribution in [0, 0.1) is 10.1 Å². The van der Waals surface area contributed by atoms with E-state index in [2.05, 4.69) is 10.0 Å². The lowest BCUT2D eigenvalue weighted by atomic mass is 10.2. The Kier molecular flexibility index (Phi) is 5.24. The lowest BCUT2D eigenvalue weighted by Gasteiger charge is -2.14. The number of anilines is 3. The van der Waals surface area contributed by atoms with Gasteiger partial charge in [0.2, 0.25) is 0 Å². The van der Waals surface area contributed by atoms with Crippen molar-refractivity contribution >= 4 is 38.7 Å². The first-order valence-electron chi connectivity index (χ1n) is 8.27. The van der Waals surface area contributed by atoms with Gasteiger partial charge in [-0.25, -0.2) is 8.42 Å². The van der Waals surface area contributed by atoms with Gasteiger partial charge in [0.15, 0.2) is 0 Å². The molecule has 3 aromatic rings. The van der Waals surface area contributed by atoms with Crippen LogP contribution in [-0.4, -0.2) is 23.8 Å². The normalized spacial score (nSPS) is 11.1. The Balaban J connectivity index is 2.01. The van der Waals surface area contributed by atoms with Gasteiger partial charge in [-0.2, -0.15) is 0 Å². The topological polar surface area (TPSA) is 149 Å². The van der Waals surface area contributed by atoms with Crippen LogP contribution in [0.5, 0.6) is 0 Å². The van der Waals surface area contributed by atoms with Crippen molar-refractivity contribution in [3.05, 3.63) is 76.6 Å². The summed E-state index contributed by atoms with van der Waals surface area (Å²) in [6, 6.07) is 13.8. The quantitative estimate of drug-likeness (QED) is 0.399. The highest BCUT2D eigenvalue weighted by Gasteiger charge is 2.22. The van der Waals surface area contributed by atoms with Gasteiger partial charge >= 0.3 is 0 Å². The van der Waals surface area contributed by atoms with Crippen LogP contribution < -0.4 is 15.8 Å². The summed E-state index contributed by atoms with van der Waals surface area (Å²) < 4.78 is 29.2. The zero-order valence-corrected chi connectivity index (χ0v) is 16.0. The highest BCUT2D eigenvalue weighted by atomic mass is 32.2. The fourth-order valence-corrected chi connectivity index (χ4v) is 3.79. The van der Waals surface area contributed by atoms with E-state index in [1.165, 1.54) is 29.9 Å². The first-order chi connectivity index (χ1) is 13.7. The van der Waals surface area contributed by atoms with Gasteiger partial charge in [0, 0.05) is 31.1 Å². The summed E-state index contributed by atoms with van der Waals surface area (Å²) in [5, 5.41) is 14.2. The summed E-state index contributed by atoms with van der Waals surface area (Å²) in [5.41, 5.74) is 5.91. The zero-order chi connectivity index (χ0) is 21.2. The molecule has 0 spiro atoms. The molecule has 0 saturated heterocycles. The Morgan fingerprint density at radius 3 is 2.38 bits per heavy atom. The largest absolute Gasteiger partial charge is 0.364 e. The molecule has 0 unspecified atom stereocenters. The van der Waals surface area contributed by atoms with E-state index in [0.717, 1.165) is 12.1 Å². The Hall–Kier alpha value is -3.86. The Labute approximate surface area is 166 Å². The minimum atomic E-state index is -4.15. The molecule has 1 amide bonds. The van der Waals surface area contributed by atoms with Gasteiger partial charge in [0.05, 0.1) is 16.3 Å². The molecule has 4 N–H and O–H groups in total. The van der Waals surface area contributed by atoms with Crippen molar-refractivity contribution < 1.29 is 18.1 Å². The smallest absolute Gasteiger partial charge is 0.271 e. The van der Waals surface area contributed by atoms with Gasteiger partial charge < -0.3 is 15.6 Å². The highest BCUT2D eigenvalue weighted by molar-refractivity contribution is 7.92. The molecule has 0 aliphatic heterocycles. The van der Waals surface area contributed by atoms with Crippen LogP contribution in [0.2, 0.25) is 0 Å². The SMILES string of the molecule is Cn1cc(S(=O)(=O)Nc2cc([N+](=O)[O-])ccc2Nc2ccccc2)cc1C(N)=O. The molecular weight excluding hydrogens is 398 g/mol. The van der Waals surface area contributed by atoms with E-state index in [0.29, 0.717) is 11.4 Å². The van der Waals surface area contributed by atoms with E-state index in [1.54, 1.807) is 24.3 Å². The van der Waals surface area contributed by atoms with Crippen molar-refractivity contribution in [3.8, 4) is 0 Å². The molecule has 1 heterocycles. The van der Waals surface area contributed by atoms with Crippen LogP contribution >= 0.6 is 0 Å². The molecule has 29 heavy (non-hydrogen) atoms. The van der Waals surface area contributed by atoms with Gasteiger partial charge in [-0.1, -0.05) is 18.2 Å². The number of non-ortho nitro benzene ring substituents is 1. The summed E-state index contributed by atoms with van der Waals surface area (Å²) in [4.78, 5) is 21.7. The van der Waals surface area contributed by atoms with E-state index < -0.39 is 20.9 Å². The van der Waals surface area contributed by atoms with E-state index in [9.17, 15) is 23.3 Å². The molecule has 0 fully saturated rings. The number of nitrogens with one attached hydrogen (secondary N) is 2. The molecule has 1 aromatic heterocycles. The number of hydrogen-bond acceptors (Lipinski definition) is 6. The lowest BCUT2D eigenvalue weighted by molar-refractivity contribution is -0.384. The van der Waals surface area contributed by atoms with Gasteiger partial charge in [-0.15, -0.1) is 0 Å². The van der Waals surface area contributed by atoms with E-state index in [1.807, 2.05) is 6.07 Å².